The summed E-state index contributed by atoms with van der Waals surface area (Å²) in [6.45, 7) is 5.22. The standard InChI is InChI=1S/C31H37F2N3O3/c1-3-12-35-30(38)17-24-10-5-6-11-27(24)31(39)36-28(16-23-14-25(32)18-26(33)15-23)29(37)20-34-19-22-9-7-8-21(4-2)13-22/h5-11,13-15,18,28-29,34,37H,3-4,12,16-17,19-20H2,1-2H3,(H,35,38)(H,36,39)/t28-,29+/m0/s1. The molecule has 0 aliphatic heterocycles. The highest BCUT2D eigenvalue weighted by Crippen LogP contribution is 2.15. The zero-order valence-corrected chi connectivity index (χ0v) is 22.5. The van der Waals surface area contributed by atoms with Gasteiger partial charge in [0.05, 0.1) is 18.6 Å². The first-order valence-electron chi connectivity index (χ1n) is 13.4. The van der Waals surface area contributed by atoms with Crippen LogP contribution in [0.15, 0.2) is 66.7 Å². The van der Waals surface area contributed by atoms with Crippen molar-refractivity contribution in [2.24, 2.45) is 0 Å². The molecule has 0 fully saturated rings. The van der Waals surface area contributed by atoms with E-state index in [4.69, 9.17) is 0 Å². The Balaban J connectivity index is 1.75. The summed E-state index contributed by atoms with van der Waals surface area (Å²) in [7, 11) is 0. The lowest BCUT2D eigenvalue weighted by Gasteiger charge is -2.25. The fourth-order valence-corrected chi connectivity index (χ4v) is 4.37. The number of benzene rings is 3. The van der Waals surface area contributed by atoms with Gasteiger partial charge in [-0.15, -0.1) is 0 Å². The van der Waals surface area contributed by atoms with Crippen LogP contribution < -0.4 is 16.0 Å². The van der Waals surface area contributed by atoms with Gasteiger partial charge in [-0.1, -0.05) is 56.3 Å². The third-order valence-electron chi connectivity index (χ3n) is 6.43. The zero-order valence-electron chi connectivity index (χ0n) is 22.5. The lowest BCUT2D eigenvalue weighted by atomic mass is 9.98. The Labute approximate surface area is 228 Å². The molecule has 8 heteroatoms. The molecule has 208 valence electrons. The fourth-order valence-electron chi connectivity index (χ4n) is 4.37. The van der Waals surface area contributed by atoms with Crippen LogP contribution in [-0.2, 0) is 30.6 Å². The first-order chi connectivity index (χ1) is 18.8. The maximum atomic E-state index is 13.9. The SMILES string of the molecule is CCCNC(=O)Cc1ccccc1C(=O)N[C@@H](Cc1cc(F)cc(F)c1)[C@H](O)CNCc1cccc(CC)c1. The monoisotopic (exact) mass is 537 g/mol. The number of hydrogen-bond acceptors (Lipinski definition) is 4. The fraction of sp³-hybridized carbons (Fsp3) is 0.355. The van der Waals surface area contributed by atoms with Crippen LogP contribution in [0.25, 0.3) is 0 Å². The van der Waals surface area contributed by atoms with E-state index in [0.29, 0.717) is 29.8 Å². The average Bonchev–Trinajstić information content (AvgIpc) is 2.91. The van der Waals surface area contributed by atoms with Gasteiger partial charge >= 0.3 is 0 Å². The maximum Gasteiger partial charge on any atom is 0.251 e. The van der Waals surface area contributed by atoms with Crippen molar-refractivity contribution in [2.75, 3.05) is 13.1 Å². The van der Waals surface area contributed by atoms with E-state index in [1.807, 2.05) is 25.1 Å². The van der Waals surface area contributed by atoms with Gasteiger partial charge in [0.25, 0.3) is 5.91 Å². The summed E-state index contributed by atoms with van der Waals surface area (Å²) in [5, 5.41) is 19.9. The highest BCUT2D eigenvalue weighted by molar-refractivity contribution is 5.97. The van der Waals surface area contributed by atoms with Crippen LogP contribution in [0.4, 0.5) is 8.78 Å². The Morgan fingerprint density at radius 2 is 1.62 bits per heavy atom. The molecular weight excluding hydrogens is 500 g/mol. The lowest BCUT2D eigenvalue weighted by molar-refractivity contribution is -0.120. The maximum absolute atomic E-state index is 13.9. The number of hydrogen-bond donors (Lipinski definition) is 4. The molecule has 0 aliphatic carbocycles. The topological polar surface area (TPSA) is 90.5 Å². The number of nitrogens with one attached hydrogen (secondary N) is 3. The molecule has 0 saturated carbocycles. The van der Waals surface area contributed by atoms with E-state index in [9.17, 15) is 23.5 Å². The third-order valence-corrected chi connectivity index (χ3v) is 6.43. The van der Waals surface area contributed by atoms with Gasteiger partial charge in [0, 0.05) is 31.3 Å². The number of aryl methyl sites for hydroxylation is 1. The number of amides is 2. The van der Waals surface area contributed by atoms with Crippen LogP contribution in [0.1, 0.15) is 52.9 Å². The number of aliphatic hydroxyl groups excluding tert-OH is 1. The molecular formula is C31H37F2N3O3. The molecule has 6 nitrogen and oxygen atoms in total. The summed E-state index contributed by atoms with van der Waals surface area (Å²) < 4.78 is 27.8. The van der Waals surface area contributed by atoms with E-state index in [-0.39, 0.29) is 25.3 Å². The minimum atomic E-state index is -1.06. The average molecular weight is 538 g/mol. The number of carbonyl (C=O) groups excluding carboxylic acids is 2. The number of carbonyl (C=O) groups is 2. The Morgan fingerprint density at radius 1 is 0.897 bits per heavy atom. The highest BCUT2D eigenvalue weighted by atomic mass is 19.1. The van der Waals surface area contributed by atoms with Crippen LogP contribution >= 0.6 is 0 Å². The first-order valence-corrected chi connectivity index (χ1v) is 13.4. The van der Waals surface area contributed by atoms with Crippen LogP contribution in [0.5, 0.6) is 0 Å². The molecule has 0 aromatic heterocycles. The molecule has 2 amide bonds. The van der Waals surface area contributed by atoms with E-state index >= 15 is 0 Å². The van der Waals surface area contributed by atoms with E-state index in [0.717, 1.165) is 24.5 Å². The molecule has 3 aromatic rings. The van der Waals surface area contributed by atoms with E-state index in [1.54, 1.807) is 24.3 Å². The Hall–Kier alpha value is -3.62. The van der Waals surface area contributed by atoms with Gasteiger partial charge in [-0.2, -0.15) is 0 Å². The number of aliphatic hydroxyl groups is 1. The van der Waals surface area contributed by atoms with Crippen molar-refractivity contribution in [3.63, 3.8) is 0 Å². The lowest BCUT2D eigenvalue weighted by Crippen LogP contribution is -2.49. The van der Waals surface area contributed by atoms with Gasteiger partial charge in [0.15, 0.2) is 0 Å². The normalized spacial score (nSPS) is 12.5. The molecule has 3 rings (SSSR count). The Morgan fingerprint density at radius 3 is 2.33 bits per heavy atom. The molecule has 0 heterocycles. The van der Waals surface area contributed by atoms with Gasteiger partial charge in [-0.05, 0) is 59.7 Å². The van der Waals surface area contributed by atoms with Crippen molar-refractivity contribution in [2.45, 2.75) is 58.2 Å². The predicted molar refractivity (Wildman–Crippen MR) is 148 cm³/mol. The highest BCUT2D eigenvalue weighted by Gasteiger charge is 2.24. The van der Waals surface area contributed by atoms with Crippen LogP contribution in [0.3, 0.4) is 0 Å². The smallest absolute Gasteiger partial charge is 0.251 e. The van der Waals surface area contributed by atoms with E-state index in [1.165, 1.54) is 17.7 Å². The Bertz CT molecular complexity index is 1230. The summed E-state index contributed by atoms with van der Waals surface area (Å²) in [6.07, 6.45) is 0.690. The number of rotatable bonds is 14. The molecule has 3 aromatic carbocycles. The summed E-state index contributed by atoms with van der Waals surface area (Å²) in [4.78, 5) is 25.6. The van der Waals surface area contributed by atoms with Gasteiger partial charge in [0.2, 0.25) is 5.91 Å². The van der Waals surface area contributed by atoms with Crippen molar-refractivity contribution in [3.8, 4) is 0 Å². The molecule has 39 heavy (non-hydrogen) atoms. The largest absolute Gasteiger partial charge is 0.390 e. The summed E-state index contributed by atoms with van der Waals surface area (Å²) in [5.41, 5.74) is 3.41. The van der Waals surface area contributed by atoms with Crippen LogP contribution in [0.2, 0.25) is 0 Å². The second kappa shape index (κ2) is 15.1. The third kappa shape index (κ3) is 9.57. The molecule has 2 atom stereocenters. The zero-order chi connectivity index (χ0) is 28.2. The van der Waals surface area contributed by atoms with E-state index in [2.05, 4.69) is 28.9 Å². The van der Waals surface area contributed by atoms with Crippen LogP contribution in [-0.4, -0.2) is 42.2 Å². The molecule has 0 bridgehead atoms. The molecule has 0 saturated heterocycles. The minimum absolute atomic E-state index is 0.00768. The summed E-state index contributed by atoms with van der Waals surface area (Å²) >= 11 is 0. The minimum Gasteiger partial charge on any atom is -0.390 e. The van der Waals surface area contributed by atoms with Gasteiger partial charge in [-0.3, -0.25) is 9.59 Å². The quantitative estimate of drug-likeness (QED) is 0.249. The van der Waals surface area contributed by atoms with Gasteiger partial charge in [0.1, 0.15) is 11.6 Å². The number of halogens is 2. The van der Waals surface area contributed by atoms with Gasteiger partial charge in [-0.25, -0.2) is 8.78 Å². The van der Waals surface area contributed by atoms with Crippen molar-refractivity contribution in [1.82, 2.24) is 16.0 Å². The second-order valence-electron chi connectivity index (χ2n) is 9.62. The van der Waals surface area contributed by atoms with Crippen molar-refractivity contribution in [1.29, 1.82) is 0 Å². The molecule has 0 radical (unpaired) electrons. The van der Waals surface area contributed by atoms with Crippen molar-refractivity contribution >= 4 is 11.8 Å². The summed E-state index contributed by atoms with van der Waals surface area (Å²) in [5.74, 6) is -2.14. The van der Waals surface area contributed by atoms with Gasteiger partial charge < -0.3 is 21.1 Å². The molecule has 0 aliphatic rings. The molecule has 4 N–H and O–H groups in total. The Kier molecular flexibility index (Phi) is 11.6. The van der Waals surface area contributed by atoms with Crippen molar-refractivity contribution in [3.05, 3.63) is 106 Å². The van der Waals surface area contributed by atoms with Crippen molar-refractivity contribution < 1.29 is 23.5 Å². The summed E-state index contributed by atoms with van der Waals surface area (Å²) in [6, 6.07) is 17.2. The van der Waals surface area contributed by atoms with E-state index < -0.39 is 29.7 Å². The first kappa shape index (κ1) is 29.9. The molecule has 0 unspecified atom stereocenters. The van der Waals surface area contributed by atoms with Crippen LogP contribution in [0, 0.1) is 11.6 Å². The molecule has 0 spiro atoms. The second-order valence-corrected chi connectivity index (χ2v) is 9.62. The predicted octanol–water partition coefficient (Wildman–Crippen LogP) is 4.09.